The Balaban J connectivity index is 0.000000170. The highest BCUT2D eigenvalue weighted by Crippen LogP contribution is 2.51. The zero-order valence-electron chi connectivity index (χ0n) is 48.7. The predicted molar refractivity (Wildman–Crippen MR) is 320 cm³/mol. The fraction of sp³-hybridized carbons (Fsp3) is 0.889. The highest BCUT2D eigenvalue weighted by atomic mass is 35.6. The summed E-state index contributed by atoms with van der Waals surface area (Å²) in [7, 11) is -53.5. The average molecular weight is 1550 g/mol. The molecule has 81 heavy (non-hydrogen) atoms. The number of halogens is 4. The van der Waals surface area contributed by atoms with Gasteiger partial charge in [-0.2, -0.15) is 0 Å². The van der Waals surface area contributed by atoms with Gasteiger partial charge in [0.15, 0.2) is 9.04 Å². The maximum Gasteiger partial charge on any atom is 0.478 e. The molecule has 0 spiro atoms. The van der Waals surface area contributed by atoms with E-state index in [4.69, 9.17) is 154 Å². The maximum absolute atomic E-state index is 10.8. The highest BCUT2D eigenvalue weighted by Gasteiger charge is 2.81. The molecule has 0 atom stereocenters. The minimum absolute atomic E-state index is 0.0847. The van der Waals surface area contributed by atoms with Crippen molar-refractivity contribution in [2.75, 3.05) is 14.2 Å². The summed E-state index contributed by atoms with van der Waals surface area (Å²) in [6.45, 7) is 36.6. The second kappa shape index (κ2) is 23.2. The number of aromatic nitrogens is 3. The summed E-state index contributed by atoms with van der Waals surface area (Å²) in [6, 6.07) is 0.882. The quantitative estimate of drug-likeness (QED) is 0.306. The first-order valence-electron chi connectivity index (χ1n) is 25.0. The van der Waals surface area contributed by atoms with Gasteiger partial charge in [0, 0.05) is 153 Å². The fourth-order valence-electron chi connectivity index (χ4n) is 9.67. The van der Waals surface area contributed by atoms with Crippen LogP contribution in [0.2, 0.25) is 130 Å². The van der Waals surface area contributed by atoms with Crippen molar-refractivity contribution in [1.82, 2.24) is 12.3 Å². The van der Waals surface area contributed by atoms with E-state index in [1.165, 1.54) is 0 Å². The van der Waals surface area contributed by atoms with E-state index in [-0.39, 0.29) is 12.3 Å². The van der Waals surface area contributed by atoms with Crippen LogP contribution < -0.4 is 17.1 Å². The third kappa shape index (κ3) is 16.2. The lowest BCUT2D eigenvalue weighted by Gasteiger charge is -2.60. The number of hydrogen-bond acceptors (Lipinski definition) is 29. The van der Waals surface area contributed by atoms with Crippen molar-refractivity contribution < 1.29 is 108 Å². The molecule has 0 aliphatic carbocycles. The largest absolute Gasteiger partial charge is 0.478 e. The molecule has 0 unspecified atom stereocenters. The zero-order valence-corrected chi connectivity index (χ0v) is 69.9. The van der Waals surface area contributed by atoms with E-state index in [0.717, 1.165) is 0 Å². The van der Waals surface area contributed by atoms with E-state index >= 15 is 0 Å². The molecule has 54 heteroatoms. The van der Waals surface area contributed by atoms with Crippen LogP contribution in [0.25, 0.3) is 0 Å². The molecule has 12 saturated heterocycles. The van der Waals surface area contributed by atoms with E-state index in [1.54, 1.807) is 106 Å². The van der Waals surface area contributed by atoms with E-state index in [2.05, 4.69) is 13.1 Å². The Labute approximate surface area is 509 Å². The molecule has 0 saturated carbocycles. The molecule has 0 amide bonds. The summed E-state index contributed by atoms with van der Waals surface area (Å²) in [5, 5.41) is 0. The fourth-order valence-corrected chi connectivity index (χ4v) is 102. The third-order valence-electron chi connectivity index (χ3n) is 11.6. The van der Waals surface area contributed by atoms with Gasteiger partial charge < -0.3 is 108 Å². The van der Waals surface area contributed by atoms with Crippen molar-refractivity contribution in [3.05, 3.63) is 31.5 Å². The van der Waals surface area contributed by atoms with E-state index < -0.39 is 175 Å². The molecule has 0 radical (unpaired) electrons. The summed E-state index contributed by atoms with van der Waals surface area (Å²) >= 11 is 20.9. The van der Waals surface area contributed by atoms with Crippen LogP contribution in [0.4, 0.5) is 0 Å². The molecular weight excluding hydrogens is 1480 g/mol. The Bertz CT molecular complexity index is 2300. The average Bonchev–Trinajstić information content (AvgIpc) is 3.20. The van der Waals surface area contributed by atoms with Crippen molar-refractivity contribution >= 4 is 204 Å². The monoisotopic (exact) mass is 1540 g/mol. The third-order valence-corrected chi connectivity index (χ3v) is 86.3. The Morgan fingerprint density at radius 1 is 0.358 bits per heavy atom. The molecule has 16 bridgehead atoms. The van der Waals surface area contributed by atoms with Crippen LogP contribution in [0.5, 0.6) is 0 Å². The molecule has 32 nitrogen and oxygen atoms in total. The van der Waals surface area contributed by atoms with Gasteiger partial charge in [0.1, 0.15) is 0 Å². The Morgan fingerprint density at radius 2 is 0.469 bits per heavy atom. The summed E-state index contributed by atoms with van der Waals surface area (Å²) in [5.41, 5.74) is -3.49. The second-order valence-electron chi connectivity index (χ2n) is 21.1. The normalized spacial score (nSPS) is 48.9. The van der Waals surface area contributed by atoms with Crippen molar-refractivity contribution in [2.45, 2.75) is 144 Å². The van der Waals surface area contributed by atoms with Crippen molar-refractivity contribution in [3.8, 4) is 0 Å². The first kappa shape index (κ1) is 70.9. The van der Waals surface area contributed by atoms with Crippen LogP contribution in [0.3, 0.4) is 0 Å². The van der Waals surface area contributed by atoms with Crippen LogP contribution in [0, 0.1) is 0 Å². The minimum Gasteiger partial charge on any atom is -0.424 e. The van der Waals surface area contributed by atoms with E-state index in [9.17, 15) is 14.4 Å². The summed E-state index contributed by atoms with van der Waals surface area (Å²) in [5.74, 6) is 0. The Hall–Kier alpha value is 2.43. The molecule has 1 aromatic heterocycles. The number of hydrogen-bond donors (Lipinski definition) is 0. The first-order chi connectivity index (χ1) is 36.4. The van der Waals surface area contributed by atoms with Gasteiger partial charge in [0.2, 0.25) is 0 Å². The lowest BCUT2D eigenvalue weighted by Crippen LogP contribution is -2.86. The number of rotatable bonds is 4. The van der Waals surface area contributed by atoms with E-state index in [1.807, 2.05) is 26.9 Å². The summed E-state index contributed by atoms with van der Waals surface area (Å²) in [4.78, 5) is 32.3. The SMILES string of the molecule is CC[Si]12O[Si]3(C)O[Si]4(C)O[Si]5(C)O[Si](C)(O3)O[Si](C)(O[Si](C)(O5)O[Si](C)(O4)O1)O2.CC[Si]12O[Si]3(C)O[Si]4(C)O[Si]5(C)O[Si](C)(O3)O[Si](C)(O[Si](C)(O5)O[Si](C)(O4)O1)O2.CO[SiH](C)C.CO[Si](C)(C)Cl.O=c1n(Cl)c(=O)n(Cl)c(=O)n1Cl. The molecule has 1 aromatic rings. The standard InChI is InChI=1S/2C9H26O12Si8.C3Cl3N3O3.C3H9ClOSi.C3H10OSi/c2*1-9-29-19-26(6)13-23(3)10-22(2)11-24(4,15-26)17-28(8,21-29)18-25(5,12-22)16-27(7,14-23)20-29;4-7-1(10)8(5)3(12)9(6)2(7)11;1-5-6(2,3)4;1-4-5(2)3/h2*9H2,1-8H3;;1-3H3;5H,1-3H3. The van der Waals surface area contributed by atoms with Crippen molar-refractivity contribution in [1.29, 1.82) is 0 Å². The lowest BCUT2D eigenvalue weighted by molar-refractivity contribution is -0.0245. The Morgan fingerprint density at radius 3 is 0.556 bits per heavy atom. The first-order valence-corrected chi connectivity index (χ1v) is 67.7. The van der Waals surface area contributed by atoms with Crippen molar-refractivity contribution in [3.63, 3.8) is 0 Å². The molecule has 12 aliphatic heterocycles. The van der Waals surface area contributed by atoms with Gasteiger partial charge in [-0.05, 0) is 26.2 Å². The zero-order chi connectivity index (χ0) is 61.3. The van der Waals surface area contributed by atoms with Gasteiger partial charge in [-0.25, -0.2) is 14.4 Å². The topological polar surface area (TPSA) is 306 Å². The summed E-state index contributed by atoms with van der Waals surface area (Å²) < 4.78 is 165. The number of nitrogens with zero attached hydrogens (tertiary/aromatic N) is 3. The van der Waals surface area contributed by atoms with Gasteiger partial charge in [0.05, 0.1) is 0 Å². The van der Waals surface area contributed by atoms with Crippen LogP contribution in [-0.4, -0.2) is 184 Å². The minimum atomic E-state index is -3.42. The molecule has 12 aliphatic rings. The van der Waals surface area contributed by atoms with Crippen molar-refractivity contribution in [2.24, 2.45) is 0 Å². The van der Waals surface area contributed by atoms with Crippen LogP contribution in [0.1, 0.15) is 13.8 Å². The molecule has 12 fully saturated rings. The Kier molecular flexibility index (Phi) is 20.3. The highest BCUT2D eigenvalue weighted by molar-refractivity contribution is 7.15. The van der Waals surface area contributed by atoms with Crippen LogP contribution >= 0.6 is 46.4 Å². The van der Waals surface area contributed by atoms with E-state index in [0.29, 0.717) is 12.1 Å². The van der Waals surface area contributed by atoms with Crippen LogP contribution in [0.15, 0.2) is 14.4 Å². The lowest BCUT2D eigenvalue weighted by atomic mass is 11.0. The molecule has 0 aromatic carbocycles. The molecule has 13 rings (SSSR count). The van der Waals surface area contributed by atoms with Gasteiger partial charge in [0.25, 0.3) is 7.63 Å². The van der Waals surface area contributed by atoms with Gasteiger partial charge in [-0.3, -0.25) is 0 Å². The summed E-state index contributed by atoms with van der Waals surface area (Å²) in [6.07, 6.45) is 0. The second-order valence-corrected chi connectivity index (χ2v) is 78.5. The van der Waals surface area contributed by atoms with Gasteiger partial charge >= 0.3 is 158 Å². The predicted octanol–water partition coefficient (Wildman–Crippen LogP) is 3.75. The van der Waals surface area contributed by atoms with Gasteiger partial charge in [-0.1, -0.05) is 13.8 Å². The molecule has 0 N–H and O–H groups in total. The van der Waals surface area contributed by atoms with Gasteiger partial charge in [-0.15, -0.1) is 23.3 Å². The smallest absolute Gasteiger partial charge is 0.424 e. The maximum atomic E-state index is 10.8. The van der Waals surface area contributed by atoms with Crippen LogP contribution in [-0.2, 0) is 108 Å². The molecular formula is C27H71Cl4N3O29Si18. The molecule has 13 heterocycles. The molecule has 468 valence electrons.